The molecule has 58 valence electrons. The van der Waals surface area contributed by atoms with Crippen LogP contribution < -0.4 is 17.9 Å². The van der Waals surface area contributed by atoms with Crippen LogP contribution in [0.3, 0.4) is 0 Å². The Balaban J connectivity index is -0.0000000105. The molecule has 0 rings (SSSR count). The van der Waals surface area contributed by atoms with Gasteiger partial charge in [0.15, 0.2) is 0 Å². The first kappa shape index (κ1) is 22.4. The van der Waals surface area contributed by atoms with E-state index in [1.54, 1.807) is 0 Å². The van der Waals surface area contributed by atoms with Crippen LogP contribution >= 0.6 is 46.7 Å². The summed E-state index contributed by atoms with van der Waals surface area (Å²) in [6.45, 7) is 0. The number of hydrogen-bond donors (Lipinski definition) is 0. The fourth-order valence-corrected chi connectivity index (χ4v) is 0. The molecular weight excluding hydrogens is 573 g/mol. The molecule has 7 heteroatoms. The molecule has 0 aliphatic rings. The molecule has 0 heterocycles. The van der Waals surface area contributed by atoms with Crippen molar-refractivity contribution in [2.75, 3.05) is 0 Å². The maximum absolute atomic E-state index is 5.03. The molecule has 0 aromatic carbocycles. The molecule has 0 amide bonds. The molecule has 0 aliphatic carbocycles. The predicted octanol–water partition coefficient (Wildman–Crippen LogP) is 0.0692. The van der Waals surface area contributed by atoms with Gasteiger partial charge in [-0.2, -0.15) is 0 Å². The summed E-state index contributed by atoms with van der Waals surface area (Å²) < 4.78 is 0. The Morgan fingerprint density at radius 1 is 1.14 bits per heavy atom. The standard InChI is InChI=1S/2Ag.BrClI.BrCl/c;;1-3-2;1-2/q;;-1;. The van der Waals surface area contributed by atoms with Crippen molar-refractivity contribution in [3.8, 4) is 0 Å². The first-order valence-electron chi connectivity index (χ1n) is 0.429. The first-order valence-corrected chi connectivity index (χ1v) is 10.1. The van der Waals surface area contributed by atoms with Crippen LogP contribution in [0.4, 0.5) is 0 Å². The molecule has 0 nitrogen and oxygen atoms in total. The third-order valence-corrected chi connectivity index (χ3v) is 0. The zero-order valence-electron chi connectivity index (χ0n) is 2.49. The maximum Gasteiger partial charge on any atom is 0 e. The first-order chi connectivity index (χ1) is 2.41. The van der Waals surface area contributed by atoms with E-state index in [0.29, 0.717) is 0 Å². The third-order valence-electron chi connectivity index (χ3n) is 0. The van der Waals surface area contributed by atoms with Gasteiger partial charge in [0.05, 0.1) is 0 Å². The molecule has 0 aliphatic heterocycles. The van der Waals surface area contributed by atoms with Crippen molar-refractivity contribution in [2.45, 2.75) is 0 Å². The Hall–Kier alpha value is 3.75. The van der Waals surface area contributed by atoms with Crippen molar-refractivity contribution in [3.05, 3.63) is 0 Å². The molecule has 0 N–H and O–H groups in total. The molecule has 0 aromatic rings. The fourth-order valence-electron chi connectivity index (χ4n) is 0. The van der Waals surface area contributed by atoms with Crippen molar-refractivity contribution in [2.24, 2.45) is 0 Å². The molecule has 2 radical (unpaired) electrons. The van der Waals surface area contributed by atoms with Crippen LogP contribution in [0.15, 0.2) is 0 Å². The van der Waals surface area contributed by atoms with E-state index in [2.05, 4.69) is 37.8 Å². The Kier molecular flexibility index (Phi) is 106. The summed E-state index contributed by atoms with van der Waals surface area (Å²) in [5, 5.41) is 0. The fraction of sp³-hybridized carbons (Fsp3) is 0. The summed E-state index contributed by atoms with van der Waals surface area (Å²) >= 11 is 5.31. The minimum atomic E-state index is -0.125. The second-order valence-electron chi connectivity index (χ2n) is 0.0540. The van der Waals surface area contributed by atoms with Crippen molar-refractivity contribution < 1.29 is 62.6 Å². The third kappa shape index (κ3) is 41.6. The van der Waals surface area contributed by atoms with Gasteiger partial charge in [-0.15, -0.1) is 0 Å². The molecule has 0 bridgehead atoms. The van der Waals surface area contributed by atoms with E-state index >= 15 is 0 Å². The van der Waals surface area contributed by atoms with Crippen molar-refractivity contribution in [1.82, 2.24) is 0 Å². The van der Waals surface area contributed by atoms with Crippen LogP contribution in [0.5, 0.6) is 0 Å². The van der Waals surface area contributed by atoms with E-state index in [4.69, 9.17) is 8.91 Å². The quantitative estimate of drug-likeness (QED) is 0.285. The van der Waals surface area contributed by atoms with Crippen LogP contribution in [0.2, 0.25) is 0 Å². The van der Waals surface area contributed by atoms with Gasteiger partial charge >= 0.3 is 39.5 Å². The van der Waals surface area contributed by atoms with E-state index in [1.807, 2.05) is 0 Å². The van der Waals surface area contributed by atoms with Crippen LogP contribution in [0.25, 0.3) is 0 Å². The Morgan fingerprint density at radius 3 is 1.14 bits per heavy atom. The van der Waals surface area contributed by atoms with Gasteiger partial charge in [-0.25, -0.2) is 0 Å². The van der Waals surface area contributed by atoms with Crippen LogP contribution in [-0.4, -0.2) is 0 Å². The summed E-state index contributed by atoms with van der Waals surface area (Å²) in [4.78, 5) is 0. The Labute approximate surface area is 107 Å². The molecule has 7 heavy (non-hydrogen) atoms. The van der Waals surface area contributed by atoms with E-state index in [9.17, 15) is 0 Å². The summed E-state index contributed by atoms with van der Waals surface area (Å²) in [6, 6.07) is 0. The molecule has 0 spiro atoms. The summed E-state index contributed by atoms with van der Waals surface area (Å²) in [5.74, 6) is 0. The number of halogens is 5. The predicted molar refractivity (Wildman–Crippen MR) is 29.6 cm³/mol. The van der Waals surface area contributed by atoms with Gasteiger partial charge in [0, 0.05) is 59.8 Å². The molecule has 0 unspecified atom stereocenters. The average molecular weight is 573 g/mol. The number of hydrogen-bond acceptors (Lipinski definition) is 0. The van der Waals surface area contributed by atoms with Gasteiger partial charge in [-0.3, -0.25) is 0 Å². The molecular formula is Ag2Br2Cl2I-. The largest absolute Gasteiger partial charge is 0 e. The Morgan fingerprint density at radius 2 is 1.14 bits per heavy atom. The summed E-state index contributed by atoms with van der Waals surface area (Å²) in [5.41, 5.74) is 0. The number of rotatable bonds is 0. The monoisotopic (exact) mass is 568 g/mol. The maximum atomic E-state index is 5.03. The minimum absolute atomic E-state index is 0. The van der Waals surface area contributed by atoms with Crippen LogP contribution in [0.1, 0.15) is 0 Å². The summed E-state index contributed by atoms with van der Waals surface area (Å²) in [7, 11) is 9.48. The topological polar surface area (TPSA) is 0 Å². The zero-order chi connectivity index (χ0) is 4.71. The zero-order valence-corrected chi connectivity index (χ0v) is 12.3. The molecule has 0 fully saturated rings. The van der Waals surface area contributed by atoms with E-state index < -0.39 is 0 Å². The van der Waals surface area contributed by atoms with Crippen molar-refractivity contribution in [3.63, 3.8) is 0 Å². The minimum Gasteiger partial charge on any atom is 0 e. The normalized spacial score (nSPS) is 4.00. The Bertz CT molecular complexity index is 13.7. The van der Waals surface area contributed by atoms with E-state index in [-0.39, 0.29) is 62.6 Å². The van der Waals surface area contributed by atoms with Crippen LogP contribution in [0, 0.1) is 0 Å². The smallest absolute Gasteiger partial charge is 0 e. The van der Waals surface area contributed by atoms with Crippen molar-refractivity contribution in [1.29, 1.82) is 0 Å². The summed E-state index contributed by atoms with van der Waals surface area (Å²) in [6.07, 6.45) is 0. The second-order valence-corrected chi connectivity index (χ2v) is 5.65. The van der Waals surface area contributed by atoms with Gasteiger partial charge < -0.3 is 0 Å². The van der Waals surface area contributed by atoms with Gasteiger partial charge in [0.2, 0.25) is 0 Å². The molecule has 0 aromatic heterocycles. The molecule has 0 saturated heterocycles. The molecule has 0 atom stereocenters. The van der Waals surface area contributed by atoms with E-state index in [1.165, 1.54) is 0 Å². The molecule has 0 saturated carbocycles. The van der Waals surface area contributed by atoms with Gasteiger partial charge in [0.25, 0.3) is 0 Å². The van der Waals surface area contributed by atoms with Gasteiger partial charge in [-0.05, 0) is 10.1 Å². The van der Waals surface area contributed by atoms with E-state index in [0.717, 1.165) is 0 Å². The van der Waals surface area contributed by atoms with Gasteiger partial charge in [0.1, 0.15) is 0 Å². The average Bonchev–Trinajstić information content (AvgIpc) is 1.46. The second kappa shape index (κ2) is 33.1. The SMILES string of the molecule is ClBr.Cl[I-]Br.[Ag].[Ag]. The van der Waals surface area contributed by atoms with Crippen LogP contribution in [-0.2, 0) is 44.8 Å². The van der Waals surface area contributed by atoms with Gasteiger partial charge in [-0.1, -0.05) is 0 Å². The van der Waals surface area contributed by atoms with Crippen molar-refractivity contribution >= 4 is 46.7 Å².